The largest absolute Gasteiger partial charge is 0.365 e. The topological polar surface area (TPSA) is 16.1 Å². The standard InChI is InChI=1S/C20H20N2S/c1-15-6-4-8-17(12-15)20-21-18(14-23-20)13-22-11-5-9-16-7-2-3-10-19(16)22/h2-4,6-8,10,12,14H,5,9,11,13H2,1H3. The summed E-state index contributed by atoms with van der Waals surface area (Å²) in [6.07, 6.45) is 2.42. The van der Waals surface area contributed by atoms with Gasteiger partial charge in [-0.25, -0.2) is 4.98 Å². The van der Waals surface area contributed by atoms with Crippen molar-refractivity contribution in [3.05, 3.63) is 70.7 Å². The second-order valence-electron chi connectivity index (χ2n) is 6.17. The SMILES string of the molecule is Cc1cccc(-c2nc(CN3CCCc4ccccc43)cs2)c1. The van der Waals surface area contributed by atoms with E-state index < -0.39 is 0 Å². The normalized spacial score (nSPS) is 13.9. The molecule has 0 bridgehead atoms. The Kier molecular flexibility index (Phi) is 3.88. The predicted octanol–water partition coefficient (Wildman–Crippen LogP) is 5.07. The van der Waals surface area contributed by atoms with Gasteiger partial charge in [0.15, 0.2) is 0 Å². The zero-order valence-electron chi connectivity index (χ0n) is 13.3. The minimum absolute atomic E-state index is 0.902. The van der Waals surface area contributed by atoms with E-state index in [1.807, 2.05) is 0 Å². The van der Waals surface area contributed by atoms with Gasteiger partial charge in [0.2, 0.25) is 0 Å². The lowest BCUT2D eigenvalue weighted by atomic mass is 10.0. The maximum absolute atomic E-state index is 4.87. The van der Waals surface area contributed by atoms with Crippen LogP contribution in [0.4, 0.5) is 5.69 Å². The average Bonchev–Trinajstić information content (AvgIpc) is 3.04. The molecule has 0 unspecified atom stereocenters. The molecule has 4 rings (SSSR count). The molecule has 2 nitrogen and oxygen atoms in total. The molecule has 1 aromatic heterocycles. The fourth-order valence-electron chi connectivity index (χ4n) is 3.26. The summed E-state index contributed by atoms with van der Waals surface area (Å²) in [6.45, 7) is 4.15. The van der Waals surface area contributed by atoms with E-state index >= 15 is 0 Å². The molecule has 116 valence electrons. The van der Waals surface area contributed by atoms with E-state index in [2.05, 4.69) is 65.7 Å². The van der Waals surface area contributed by atoms with Gasteiger partial charge in [-0.3, -0.25) is 0 Å². The fourth-order valence-corrected chi connectivity index (χ4v) is 4.07. The van der Waals surface area contributed by atoms with Crippen molar-refractivity contribution in [2.75, 3.05) is 11.4 Å². The van der Waals surface area contributed by atoms with Gasteiger partial charge in [0, 0.05) is 23.2 Å². The molecule has 2 aromatic carbocycles. The lowest BCUT2D eigenvalue weighted by molar-refractivity contribution is 0.686. The van der Waals surface area contributed by atoms with Crippen molar-refractivity contribution in [1.29, 1.82) is 0 Å². The summed E-state index contributed by atoms with van der Waals surface area (Å²) in [5, 5.41) is 3.32. The third-order valence-corrected chi connectivity index (χ3v) is 5.32. The van der Waals surface area contributed by atoms with E-state index in [1.54, 1.807) is 11.3 Å². The molecule has 0 fully saturated rings. The van der Waals surface area contributed by atoms with Crippen LogP contribution in [0.2, 0.25) is 0 Å². The Morgan fingerprint density at radius 2 is 2.04 bits per heavy atom. The number of aromatic nitrogens is 1. The fraction of sp³-hybridized carbons (Fsp3) is 0.250. The van der Waals surface area contributed by atoms with Crippen LogP contribution in [-0.4, -0.2) is 11.5 Å². The monoisotopic (exact) mass is 320 g/mol. The quantitative estimate of drug-likeness (QED) is 0.669. The minimum Gasteiger partial charge on any atom is -0.365 e. The van der Waals surface area contributed by atoms with Crippen molar-refractivity contribution in [1.82, 2.24) is 4.98 Å². The Morgan fingerprint density at radius 3 is 2.96 bits per heavy atom. The molecule has 3 heteroatoms. The van der Waals surface area contributed by atoms with Crippen molar-refractivity contribution >= 4 is 17.0 Å². The number of nitrogens with zero attached hydrogens (tertiary/aromatic N) is 2. The Labute approximate surface area is 141 Å². The number of anilines is 1. The first kappa shape index (κ1) is 14.5. The molecule has 2 heterocycles. The van der Waals surface area contributed by atoms with Crippen LogP contribution in [-0.2, 0) is 13.0 Å². The first-order valence-electron chi connectivity index (χ1n) is 8.14. The zero-order valence-corrected chi connectivity index (χ0v) is 14.1. The Morgan fingerprint density at radius 1 is 1.13 bits per heavy atom. The van der Waals surface area contributed by atoms with Crippen LogP contribution in [0.25, 0.3) is 10.6 Å². The van der Waals surface area contributed by atoms with Crippen LogP contribution in [0, 0.1) is 6.92 Å². The van der Waals surface area contributed by atoms with Crippen molar-refractivity contribution in [2.24, 2.45) is 0 Å². The highest BCUT2D eigenvalue weighted by molar-refractivity contribution is 7.13. The number of aryl methyl sites for hydroxylation is 2. The number of rotatable bonds is 3. The van der Waals surface area contributed by atoms with E-state index in [4.69, 9.17) is 4.98 Å². The number of thiazole rings is 1. The highest BCUT2D eigenvalue weighted by Crippen LogP contribution is 2.30. The van der Waals surface area contributed by atoms with Crippen LogP contribution < -0.4 is 4.90 Å². The maximum atomic E-state index is 4.87. The molecule has 0 radical (unpaired) electrons. The Balaban J connectivity index is 1.57. The summed E-state index contributed by atoms with van der Waals surface area (Å²) in [5.74, 6) is 0. The van der Waals surface area contributed by atoms with Gasteiger partial charge in [-0.15, -0.1) is 11.3 Å². The van der Waals surface area contributed by atoms with Gasteiger partial charge in [0.25, 0.3) is 0 Å². The molecule has 1 aliphatic rings. The molecule has 0 N–H and O–H groups in total. The summed E-state index contributed by atoms with van der Waals surface area (Å²) in [4.78, 5) is 7.33. The number of para-hydroxylation sites is 1. The van der Waals surface area contributed by atoms with Crippen molar-refractivity contribution < 1.29 is 0 Å². The van der Waals surface area contributed by atoms with Crippen LogP contribution in [0.3, 0.4) is 0 Å². The first-order chi connectivity index (χ1) is 11.3. The number of hydrogen-bond donors (Lipinski definition) is 0. The van der Waals surface area contributed by atoms with Crippen molar-refractivity contribution in [3.8, 4) is 10.6 Å². The van der Waals surface area contributed by atoms with Gasteiger partial charge in [0.1, 0.15) is 5.01 Å². The summed E-state index contributed by atoms with van der Waals surface area (Å²) in [7, 11) is 0. The van der Waals surface area contributed by atoms with Gasteiger partial charge < -0.3 is 4.90 Å². The van der Waals surface area contributed by atoms with Crippen LogP contribution in [0.5, 0.6) is 0 Å². The lowest BCUT2D eigenvalue weighted by Crippen LogP contribution is -2.28. The molecule has 3 aromatic rings. The van der Waals surface area contributed by atoms with Gasteiger partial charge in [-0.1, -0.05) is 42.0 Å². The van der Waals surface area contributed by atoms with E-state index in [1.165, 1.54) is 40.9 Å². The Bertz CT molecular complexity index is 822. The molecule has 0 spiro atoms. The first-order valence-corrected chi connectivity index (χ1v) is 9.02. The summed E-state index contributed by atoms with van der Waals surface area (Å²) < 4.78 is 0. The number of hydrogen-bond acceptors (Lipinski definition) is 3. The molecule has 0 aliphatic carbocycles. The van der Waals surface area contributed by atoms with Crippen LogP contribution in [0.1, 0.15) is 23.2 Å². The number of fused-ring (bicyclic) bond motifs is 1. The van der Waals surface area contributed by atoms with Crippen molar-refractivity contribution in [2.45, 2.75) is 26.3 Å². The summed E-state index contributed by atoms with van der Waals surface area (Å²) in [6, 6.07) is 17.3. The second kappa shape index (κ2) is 6.17. The smallest absolute Gasteiger partial charge is 0.123 e. The average molecular weight is 320 g/mol. The highest BCUT2D eigenvalue weighted by atomic mass is 32.1. The third kappa shape index (κ3) is 3.02. The zero-order chi connectivity index (χ0) is 15.6. The molecular formula is C20H20N2S. The van der Waals surface area contributed by atoms with Gasteiger partial charge in [0.05, 0.1) is 12.2 Å². The van der Waals surface area contributed by atoms with Gasteiger partial charge >= 0.3 is 0 Å². The lowest BCUT2D eigenvalue weighted by Gasteiger charge is -2.30. The van der Waals surface area contributed by atoms with Crippen molar-refractivity contribution in [3.63, 3.8) is 0 Å². The summed E-state index contributed by atoms with van der Waals surface area (Å²) >= 11 is 1.74. The molecule has 0 atom stereocenters. The van der Waals surface area contributed by atoms with E-state index in [-0.39, 0.29) is 0 Å². The Hall–Kier alpha value is -2.13. The second-order valence-corrected chi connectivity index (χ2v) is 7.03. The highest BCUT2D eigenvalue weighted by Gasteiger charge is 2.17. The molecular weight excluding hydrogens is 300 g/mol. The predicted molar refractivity (Wildman–Crippen MR) is 98.1 cm³/mol. The molecule has 0 saturated heterocycles. The summed E-state index contributed by atoms with van der Waals surface area (Å²) in [5.41, 5.74) is 6.52. The van der Waals surface area contributed by atoms with Gasteiger partial charge in [-0.05, 0) is 37.5 Å². The minimum atomic E-state index is 0.902. The van der Waals surface area contributed by atoms with E-state index in [0.717, 1.165) is 18.1 Å². The van der Waals surface area contributed by atoms with Crippen LogP contribution >= 0.6 is 11.3 Å². The molecule has 0 saturated carbocycles. The number of benzene rings is 2. The van der Waals surface area contributed by atoms with E-state index in [9.17, 15) is 0 Å². The molecule has 1 aliphatic heterocycles. The molecule has 0 amide bonds. The maximum Gasteiger partial charge on any atom is 0.123 e. The molecule has 23 heavy (non-hydrogen) atoms. The third-order valence-electron chi connectivity index (χ3n) is 4.38. The van der Waals surface area contributed by atoms with E-state index in [0.29, 0.717) is 0 Å². The van der Waals surface area contributed by atoms with Crippen LogP contribution in [0.15, 0.2) is 53.9 Å². The van der Waals surface area contributed by atoms with Gasteiger partial charge in [-0.2, -0.15) is 0 Å².